The number of aromatic nitrogens is 4. The Kier molecular flexibility index (Phi) is 2.86. The molecule has 3 heterocycles. The lowest BCUT2D eigenvalue weighted by Gasteiger charge is -2.13. The largest absolute Gasteiger partial charge is 0.316 e. The van der Waals surface area contributed by atoms with E-state index >= 15 is 0 Å². The van der Waals surface area contributed by atoms with Crippen LogP contribution in [-0.2, 0) is 11.8 Å². The monoisotopic (exact) mass is 265 g/mol. The van der Waals surface area contributed by atoms with Crippen molar-refractivity contribution in [2.45, 2.75) is 39.0 Å². The molecule has 1 saturated heterocycles. The number of hydrogen-bond acceptors (Lipinski definition) is 5. The van der Waals surface area contributed by atoms with Gasteiger partial charge in [-0.3, -0.25) is 0 Å². The molecule has 0 bridgehead atoms. The molecular weight excluding hydrogens is 246 g/mol. The second-order valence-electron chi connectivity index (χ2n) is 6.03. The van der Waals surface area contributed by atoms with E-state index in [1.54, 1.807) is 11.3 Å². The summed E-state index contributed by atoms with van der Waals surface area (Å²) in [5.41, 5.74) is -0.0142. The van der Waals surface area contributed by atoms with E-state index in [1.807, 2.05) is 4.52 Å². The zero-order valence-electron chi connectivity index (χ0n) is 11.1. The molecule has 0 saturated carbocycles. The maximum atomic E-state index is 4.69. The Bertz CT molecular complexity index is 544. The van der Waals surface area contributed by atoms with Crippen molar-refractivity contribution in [3.8, 4) is 0 Å². The van der Waals surface area contributed by atoms with Gasteiger partial charge in [-0.15, -0.1) is 10.2 Å². The molecule has 0 aromatic carbocycles. The van der Waals surface area contributed by atoms with Crippen molar-refractivity contribution in [1.29, 1.82) is 0 Å². The smallest absolute Gasteiger partial charge is 0.234 e. The van der Waals surface area contributed by atoms with E-state index in [9.17, 15) is 0 Å². The fourth-order valence-electron chi connectivity index (χ4n) is 2.34. The second kappa shape index (κ2) is 4.28. The molecule has 1 fully saturated rings. The van der Waals surface area contributed by atoms with Crippen molar-refractivity contribution < 1.29 is 0 Å². The molecule has 1 unspecified atom stereocenters. The van der Waals surface area contributed by atoms with Gasteiger partial charge in [0, 0.05) is 11.8 Å². The van der Waals surface area contributed by atoms with Gasteiger partial charge in [-0.25, -0.2) is 0 Å². The summed E-state index contributed by atoms with van der Waals surface area (Å²) < 4.78 is 1.92. The molecule has 18 heavy (non-hydrogen) atoms. The summed E-state index contributed by atoms with van der Waals surface area (Å²) in [4.78, 5) is 0.917. The Morgan fingerprint density at radius 1 is 1.39 bits per heavy atom. The maximum Gasteiger partial charge on any atom is 0.234 e. The zero-order chi connectivity index (χ0) is 12.8. The van der Waals surface area contributed by atoms with E-state index in [-0.39, 0.29) is 5.41 Å². The highest BCUT2D eigenvalue weighted by molar-refractivity contribution is 7.16. The molecule has 98 valence electrons. The van der Waals surface area contributed by atoms with E-state index in [2.05, 4.69) is 41.4 Å². The van der Waals surface area contributed by atoms with Crippen molar-refractivity contribution in [3.05, 3.63) is 10.8 Å². The van der Waals surface area contributed by atoms with Crippen LogP contribution in [0.1, 0.15) is 38.0 Å². The van der Waals surface area contributed by atoms with Gasteiger partial charge in [0.1, 0.15) is 5.01 Å². The SMILES string of the molecule is CC(C)(C)c1nnc2sc(CC3CCNC3)nn12. The topological polar surface area (TPSA) is 55.1 Å². The first-order chi connectivity index (χ1) is 8.54. The van der Waals surface area contributed by atoms with Crippen molar-refractivity contribution >= 4 is 16.3 Å². The van der Waals surface area contributed by atoms with Crippen molar-refractivity contribution in [1.82, 2.24) is 25.1 Å². The summed E-state index contributed by atoms with van der Waals surface area (Å²) in [6.07, 6.45) is 2.32. The molecule has 1 aliphatic heterocycles. The van der Waals surface area contributed by atoms with Crippen molar-refractivity contribution in [3.63, 3.8) is 0 Å². The lowest BCUT2D eigenvalue weighted by molar-refractivity contribution is 0.522. The number of nitrogens with zero attached hydrogens (tertiary/aromatic N) is 4. The average molecular weight is 265 g/mol. The van der Waals surface area contributed by atoms with Gasteiger partial charge in [0.25, 0.3) is 0 Å². The molecular formula is C12H19N5S. The highest BCUT2D eigenvalue weighted by Crippen LogP contribution is 2.25. The molecule has 6 heteroatoms. The van der Waals surface area contributed by atoms with Crippen LogP contribution >= 0.6 is 11.3 Å². The number of hydrogen-bond donors (Lipinski definition) is 1. The standard InChI is InChI=1S/C12H19N5S/c1-12(2,3)10-14-15-11-17(10)16-9(18-11)6-8-4-5-13-7-8/h8,13H,4-7H2,1-3H3. The summed E-state index contributed by atoms with van der Waals surface area (Å²) in [6.45, 7) is 8.68. The molecule has 0 radical (unpaired) electrons. The average Bonchev–Trinajstić information content (AvgIpc) is 2.90. The highest BCUT2D eigenvalue weighted by atomic mass is 32.1. The van der Waals surface area contributed by atoms with E-state index in [4.69, 9.17) is 0 Å². The minimum atomic E-state index is -0.0142. The first-order valence-corrected chi connectivity index (χ1v) is 7.28. The lowest BCUT2D eigenvalue weighted by Crippen LogP contribution is -2.16. The summed E-state index contributed by atoms with van der Waals surface area (Å²) in [7, 11) is 0. The normalized spacial score (nSPS) is 20.9. The summed E-state index contributed by atoms with van der Waals surface area (Å²) in [5.74, 6) is 1.68. The predicted molar refractivity (Wildman–Crippen MR) is 72.0 cm³/mol. The summed E-state index contributed by atoms with van der Waals surface area (Å²) in [5, 5.41) is 17.7. The molecule has 5 nitrogen and oxygen atoms in total. The molecule has 0 aliphatic carbocycles. The van der Waals surface area contributed by atoms with Crippen LogP contribution in [0, 0.1) is 5.92 Å². The van der Waals surface area contributed by atoms with Crippen LogP contribution in [0.15, 0.2) is 0 Å². The highest BCUT2D eigenvalue weighted by Gasteiger charge is 2.24. The van der Waals surface area contributed by atoms with E-state index in [0.29, 0.717) is 0 Å². The van der Waals surface area contributed by atoms with Crippen molar-refractivity contribution in [2.24, 2.45) is 5.92 Å². The first kappa shape index (κ1) is 12.0. The van der Waals surface area contributed by atoms with Crippen LogP contribution < -0.4 is 5.32 Å². The third kappa shape index (κ3) is 2.14. The Labute approximate surface area is 111 Å². The van der Waals surface area contributed by atoms with E-state index < -0.39 is 0 Å². The molecule has 1 aliphatic rings. The quantitative estimate of drug-likeness (QED) is 0.897. The molecule has 0 spiro atoms. The van der Waals surface area contributed by atoms with Crippen LogP contribution in [-0.4, -0.2) is 32.9 Å². The third-order valence-electron chi connectivity index (χ3n) is 3.33. The van der Waals surface area contributed by atoms with E-state index in [1.165, 1.54) is 11.4 Å². The number of fused-ring (bicyclic) bond motifs is 1. The molecule has 2 aromatic heterocycles. The maximum absolute atomic E-state index is 4.69. The molecule has 3 rings (SSSR count). The Balaban J connectivity index is 1.89. The second-order valence-corrected chi connectivity index (χ2v) is 7.07. The van der Waals surface area contributed by atoms with Gasteiger partial charge in [-0.05, 0) is 25.4 Å². The molecule has 1 N–H and O–H groups in total. The Morgan fingerprint density at radius 2 is 2.22 bits per heavy atom. The zero-order valence-corrected chi connectivity index (χ0v) is 11.9. The van der Waals surface area contributed by atoms with Gasteiger partial charge in [-0.1, -0.05) is 32.1 Å². The third-order valence-corrected chi connectivity index (χ3v) is 4.25. The number of rotatable bonds is 2. The first-order valence-electron chi connectivity index (χ1n) is 6.46. The van der Waals surface area contributed by atoms with Gasteiger partial charge in [0.15, 0.2) is 5.82 Å². The molecule has 2 aromatic rings. The van der Waals surface area contributed by atoms with Crippen LogP contribution in [0.3, 0.4) is 0 Å². The van der Waals surface area contributed by atoms with E-state index in [0.717, 1.165) is 36.2 Å². The van der Waals surface area contributed by atoms with Gasteiger partial charge in [0.2, 0.25) is 4.96 Å². The minimum Gasteiger partial charge on any atom is -0.316 e. The Hall–Kier alpha value is -1.01. The molecule has 0 amide bonds. The Morgan fingerprint density at radius 3 is 2.89 bits per heavy atom. The summed E-state index contributed by atoms with van der Waals surface area (Å²) in [6, 6.07) is 0. The minimum absolute atomic E-state index is 0.0142. The van der Waals surface area contributed by atoms with Gasteiger partial charge >= 0.3 is 0 Å². The van der Waals surface area contributed by atoms with Crippen LogP contribution in [0.4, 0.5) is 0 Å². The lowest BCUT2D eigenvalue weighted by atomic mass is 9.96. The summed E-state index contributed by atoms with van der Waals surface area (Å²) >= 11 is 1.67. The van der Waals surface area contributed by atoms with Crippen LogP contribution in [0.2, 0.25) is 0 Å². The van der Waals surface area contributed by atoms with Gasteiger partial charge < -0.3 is 5.32 Å². The molecule has 1 atom stereocenters. The van der Waals surface area contributed by atoms with Gasteiger partial charge in [-0.2, -0.15) is 9.61 Å². The van der Waals surface area contributed by atoms with Crippen molar-refractivity contribution in [2.75, 3.05) is 13.1 Å². The fourth-order valence-corrected chi connectivity index (χ4v) is 3.29. The van der Waals surface area contributed by atoms with Crippen LogP contribution in [0.25, 0.3) is 4.96 Å². The number of nitrogens with one attached hydrogen (secondary N) is 1. The van der Waals surface area contributed by atoms with Crippen LogP contribution in [0.5, 0.6) is 0 Å². The van der Waals surface area contributed by atoms with Gasteiger partial charge in [0.05, 0.1) is 0 Å². The fraction of sp³-hybridized carbons (Fsp3) is 0.750. The predicted octanol–water partition coefficient (Wildman–Crippen LogP) is 1.64.